The molecule has 1 saturated heterocycles. The van der Waals surface area contributed by atoms with E-state index in [1.165, 1.54) is 6.07 Å². The SMILES string of the molecule is O=c1[nH]c(-c2ccc([N+](=O)[O-])c(CCC[C@@H]3CCO3)c2)no1. The summed E-state index contributed by atoms with van der Waals surface area (Å²) in [6, 6.07) is 4.65. The summed E-state index contributed by atoms with van der Waals surface area (Å²) in [5, 5.41) is 14.7. The van der Waals surface area contributed by atoms with Crippen LogP contribution in [0.2, 0.25) is 0 Å². The van der Waals surface area contributed by atoms with Gasteiger partial charge >= 0.3 is 5.76 Å². The van der Waals surface area contributed by atoms with Gasteiger partial charge in [0.1, 0.15) is 0 Å². The molecule has 1 atom stereocenters. The second kappa shape index (κ2) is 6.10. The van der Waals surface area contributed by atoms with Crippen molar-refractivity contribution in [3.63, 3.8) is 0 Å². The van der Waals surface area contributed by atoms with Crippen molar-refractivity contribution in [2.45, 2.75) is 31.8 Å². The predicted molar refractivity (Wildman–Crippen MR) is 76.5 cm³/mol. The summed E-state index contributed by atoms with van der Waals surface area (Å²) < 4.78 is 9.81. The maximum Gasteiger partial charge on any atom is 0.439 e. The van der Waals surface area contributed by atoms with E-state index in [1.54, 1.807) is 12.1 Å². The summed E-state index contributed by atoms with van der Waals surface area (Å²) in [6.45, 7) is 0.805. The van der Waals surface area contributed by atoms with Gasteiger partial charge in [0.2, 0.25) is 0 Å². The number of aromatic nitrogens is 2. The molecule has 8 heteroatoms. The number of hydrogen-bond donors (Lipinski definition) is 1. The number of aryl methyl sites for hydroxylation is 1. The van der Waals surface area contributed by atoms with E-state index >= 15 is 0 Å². The Morgan fingerprint density at radius 1 is 1.45 bits per heavy atom. The normalized spacial score (nSPS) is 17.2. The van der Waals surface area contributed by atoms with Crippen LogP contribution in [0.15, 0.2) is 27.5 Å². The first-order valence-corrected chi connectivity index (χ1v) is 7.09. The number of nitro benzene ring substituents is 1. The maximum atomic E-state index is 11.1. The lowest BCUT2D eigenvalue weighted by Gasteiger charge is -2.26. The Hall–Kier alpha value is -2.48. The Balaban J connectivity index is 1.80. The van der Waals surface area contributed by atoms with Crippen LogP contribution in [0.5, 0.6) is 0 Å². The van der Waals surface area contributed by atoms with Gasteiger partial charge in [-0.3, -0.25) is 19.6 Å². The quantitative estimate of drug-likeness (QED) is 0.645. The van der Waals surface area contributed by atoms with E-state index in [1.807, 2.05) is 0 Å². The minimum Gasteiger partial charge on any atom is -0.378 e. The molecule has 0 unspecified atom stereocenters. The van der Waals surface area contributed by atoms with Gasteiger partial charge in [-0.2, -0.15) is 0 Å². The molecule has 0 saturated carbocycles. The Bertz CT molecular complexity index is 732. The zero-order valence-electron chi connectivity index (χ0n) is 11.8. The van der Waals surface area contributed by atoms with E-state index in [-0.39, 0.29) is 17.6 Å². The first kappa shape index (κ1) is 14.5. The van der Waals surface area contributed by atoms with E-state index < -0.39 is 10.7 Å². The largest absolute Gasteiger partial charge is 0.439 e. The van der Waals surface area contributed by atoms with E-state index in [4.69, 9.17) is 4.74 Å². The number of hydrogen-bond acceptors (Lipinski definition) is 6. The molecule has 1 aromatic carbocycles. The van der Waals surface area contributed by atoms with Crippen molar-refractivity contribution in [1.82, 2.24) is 10.1 Å². The lowest BCUT2D eigenvalue weighted by Crippen LogP contribution is -2.26. The molecule has 0 amide bonds. The van der Waals surface area contributed by atoms with Gasteiger partial charge in [-0.15, -0.1) is 0 Å². The zero-order chi connectivity index (χ0) is 15.5. The summed E-state index contributed by atoms with van der Waals surface area (Å²) in [5.74, 6) is -0.388. The second-order valence-corrected chi connectivity index (χ2v) is 5.22. The van der Waals surface area contributed by atoms with Crippen LogP contribution in [0.4, 0.5) is 5.69 Å². The molecular formula is C14H15N3O5. The molecule has 1 aliphatic rings. The van der Waals surface area contributed by atoms with Crippen molar-refractivity contribution < 1.29 is 14.2 Å². The third-order valence-corrected chi connectivity index (χ3v) is 3.76. The van der Waals surface area contributed by atoms with Crippen LogP contribution in [0, 0.1) is 10.1 Å². The van der Waals surface area contributed by atoms with Crippen LogP contribution in [0.3, 0.4) is 0 Å². The average molecular weight is 305 g/mol. The monoisotopic (exact) mass is 305 g/mol. The number of nitrogens with zero attached hydrogens (tertiary/aromatic N) is 2. The number of H-pyrrole nitrogens is 1. The molecule has 22 heavy (non-hydrogen) atoms. The van der Waals surface area contributed by atoms with Gasteiger partial charge in [0.25, 0.3) is 5.69 Å². The van der Waals surface area contributed by atoms with Crippen LogP contribution < -0.4 is 5.76 Å². The predicted octanol–water partition coefficient (Wildman–Crippen LogP) is 2.05. The number of nitrogens with one attached hydrogen (secondary N) is 1. The van der Waals surface area contributed by atoms with E-state index in [0.717, 1.165) is 25.9 Å². The molecule has 0 aliphatic carbocycles. The van der Waals surface area contributed by atoms with E-state index in [2.05, 4.69) is 14.7 Å². The van der Waals surface area contributed by atoms with Crippen molar-refractivity contribution in [2.24, 2.45) is 0 Å². The fraction of sp³-hybridized carbons (Fsp3) is 0.429. The molecule has 0 radical (unpaired) electrons. The Morgan fingerprint density at radius 2 is 2.27 bits per heavy atom. The van der Waals surface area contributed by atoms with Gasteiger partial charge < -0.3 is 4.74 Å². The minimum absolute atomic E-state index is 0.0733. The van der Waals surface area contributed by atoms with Crippen LogP contribution in [-0.4, -0.2) is 27.8 Å². The molecular weight excluding hydrogens is 290 g/mol. The minimum atomic E-state index is -0.656. The molecule has 1 aliphatic heterocycles. The third-order valence-electron chi connectivity index (χ3n) is 3.76. The summed E-state index contributed by atoms with van der Waals surface area (Å²) in [7, 11) is 0. The fourth-order valence-corrected chi connectivity index (χ4v) is 2.50. The number of aromatic amines is 1. The molecule has 0 spiro atoms. The standard InChI is InChI=1S/C14H15N3O5/c18-14-15-13(16-22-14)10-4-5-12(17(19)20)9(8-10)2-1-3-11-6-7-21-11/h4-5,8,11H,1-3,6-7H2,(H,15,16,18)/t11-/m1/s1. The van der Waals surface area contributed by atoms with Crippen molar-refractivity contribution in [3.05, 3.63) is 44.4 Å². The van der Waals surface area contributed by atoms with Gasteiger partial charge in [-0.25, -0.2) is 4.79 Å². The topological polar surface area (TPSA) is 111 Å². The van der Waals surface area contributed by atoms with Crippen molar-refractivity contribution in [1.29, 1.82) is 0 Å². The van der Waals surface area contributed by atoms with Crippen molar-refractivity contribution >= 4 is 5.69 Å². The van der Waals surface area contributed by atoms with Crippen molar-refractivity contribution in [2.75, 3.05) is 6.61 Å². The molecule has 3 rings (SSSR count). The van der Waals surface area contributed by atoms with Gasteiger partial charge in [-0.1, -0.05) is 5.16 Å². The summed E-state index contributed by atoms with van der Waals surface area (Å²) in [5.41, 5.74) is 1.28. The third kappa shape index (κ3) is 3.06. The van der Waals surface area contributed by atoms with Crippen LogP contribution >= 0.6 is 0 Å². The fourth-order valence-electron chi connectivity index (χ4n) is 2.50. The highest BCUT2D eigenvalue weighted by atomic mass is 16.6. The molecule has 8 nitrogen and oxygen atoms in total. The van der Waals surface area contributed by atoms with Crippen LogP contribution in [0.1, 0.15) is 24.8 Å². The Labute approximate surface area is 125 Å². The first-order chi connectivity index (χ1) is 10.6. The highest BCUT2D eigenvalue weighted by molar-refractivity contribution is 5.59. The van der Waals surface area contributed by atoms with Gasteiger partial charge in [0.15, 0.2) is 5.82 Å². The maximum absolute atomic E-state index is 11.1. The van der Waals surface area contributed by atoms with Crippen LogP contribution in [0.25, 0.3) is 11.4 Å². The Kier molecular flexibility index (Phi) is 4.01. The van der Waals surface area contributed by atoms with Crippen molar-refractivity contribution in [3.8, 4) is 11.4 Å². The molecule has 0 bridgehead atoms. The average Bonchev–Trinajstić information content (AvgIpc) is 2.88. The molecule has 1 fully saturated rings. The Morgan fingerprint density at radius 3 is 2.86 bits per heavy atom. The number of ether oxygens (including phenoxy) is 1. The highest BCUT2D eigenvalue weighted by Crippen LogP contribution is 2.27. The highest BCUT2D eigenvalue weighted by Gasteiger charge is 2.19. The summed E-state index contributed by atoms with van der Waals surface area (Å²) in [6.07, 6.45) is 3.62. The summed E-state index contributed by atoms with van der Waals surface area (Å²) in [4.78, 5) is 24.2. The van der Waals surface area contributed by atoms with E-state index in [0.29, 0.717) is 17.5 Å². The molecule has 2 aromatic rings. The zero-order valence-corrected chi connectivity index (χ0v) is 11.8. The van der Waals surface area contributed by atoms with E-state index in [9.17, 15) is 14.9 Å². The molecule has 2 heterocycles. The molecule has 1 aromatic heterocycles. The molecule has 116 valence electrons. The number of rotatable bonds is 6. The van der Waals surface area contributed by atoms with Gasteiger partial charge in [0, 0.05) is 23.8 Å². The smallest absolute Gasteiger partial charge is 0.378 e. The van der Waals surface area contributed by atoms with Gasteiger partial charge in [0.05, 0.1) is 11.0 Å². The second-order valence-electron chi connectivity index (χ2n) is 5.22. The first-order valence-electron chi connectivity index (χ1n) is 7.09. The number of benzene rings is 1. The molecule has 1 N–H and O–H groups in total. The summed E-state index contributed by atoms with van der Waals surface area (Å²) >= 11 is 0. The number of nitro groups is 1. The lowest BCUT2D eigenvalue weighted by atomic mass is 9.99. The van der Waals surface area contributed by atoms with Gasteiger partial charge in [-0.05, 0) is 37.8 Å². The lowest BCUT2D eigenvalue weighted by molar-refractivity contribution is -0.385. The van der Waals surface area contributed by atoms with Crippen LogP contribution in [-0.2, 0) is 11.2 Å².